The first-order chi connectivity index (χ1) is 5.74. The second-order valence-corrected chi connectivity index (χ2v) is 2.86. The van der Waals surface area contributed by atoms with E-state index >= 15 is 0 Å². The molecule has 0 bridgehead atoms. The van der Waals surface area contributed by atoms with Crippen molar-refractivity contribution in [2.75, 3.05) is 0 Å². The first-order valence-electron chi connectivity index (χ1n) is 3.63. The van der Waals surface area contributed by atoms with Crippen LogP contribution in [0.25, 0.3) is 0 Å². The molecule has 0 amide bonds. The van der Waals surface area contributed by atoms with Crippen LogP contribution >= 0.6 is 11.6 Å². The van der Waals surface area contributed by atoms with Crippen molar-refractivity contribution in [2.24, 2.45) is 0 Å². The third-order valence-electron chi connectivity index (χ3n) is 1.50. The maximum atomic E-state index is 11.2. The molecule has 62 valence electrons. The molecule has 0 saturated heterocycles. The molecule has 0 fully saturated rings. The fraction of sp³-hybridized carbons (Fsp3) is 0.100. The van der Waals surface area contributed by atoms with Gasteiger partial charge in [-0.3, -0.25) is 4.79 Å². The van der Waals surface area contributed by atoms with E-state index in [1.807, 2.05) is 0 Å². The molecule has 0 aliphatic carbocycles. The van der Waals surface area contributed by atoms with E-state index in [-0.39, 0.29) is 5.78 Å². The fourth-order valence-corrected chi connectivity index (χ4v) is 1.01. The van der Waals surface area contributed by atoms with E-state index in [0.29, 0.717) is 17.0 Å². The summed E-state index contributed by atoms with van der Waals surface area (Å²) in [4.78, 5) is 11.2. The van der Waals surface area contributed by atoms with Crippen LogP contribution in [0, 0.1) is 0 Å². The van der Waals surface area contributed by atoms with Crippen molar-refractivity contribution < 1.29 is 4.79 Å². The zero-order chi connectivity index (χ0) is 8.97. The summed E-state index contributed by atoms with van der Waals surface area (Å²) >= 11 is 5.66. The quantitative estimate of drug-likeness (QED) is 0.516. The lowest BCUT2D eigenvalue weighted by Crippen LogP contribution is -1.95. The number of carbonyl (C=O) groups is 1. The maximum absolute atomic E-state index is 11.2. The second kappa shape index (κ2) is 4.07. The molecule has 0 saturated carbocycles. The largest absolute Gasteiger partial charge is 0.294 e. The number of benzene rings is 1. The Morgan fingerprint density at radius 2 is 2.00 bits per heavy atom. The van der Waals surface area contributed by atoms with Crippen molar-refractivity contribution >= 4 is 17.4 Å². The van der Waals surface area contributed by atoms with Crippen LogP contribution in [0.5, 0.6) is 0 Å². The number of carbonyl (C=O) groups excluding carboxylic acids is 1. The van der Waals surface area contributed by atoms with Crippen LogP contribution in [0.3, 0.4) is 0 Å². The van der Waals surface area contributed by atoms with Crippen molar-refractivity contribution in [1.82, 2.24) is 0 Å². The second-order valence-electron chi connectivity index (χ2n) is 2.42. The summed E-state index contributed by atoms with van der Waals surface area (Å²) in [5, 5.41) is 0.644. The molecular weight excluding hydrogens is 172 g/mol. The van der Waals surface area contributed by atoms with E-state index in [1.54, 1.807) is 30.3 Å². The molecule has 0 heterocycles. The smallest absolute Gasteiger partial charge is 0.166 e. The molecule has 1 aromatic rings. The predicted octanol–water partition coefficient (Wildman–Crippen LogP) is 3.10. The molecule has 0 atom stereocenters. The van der Waals surface area contributed by atoms with Gasteiger partial charge in [0.05, 0.1) is 0 Å². The molecule has 1 rings (SSSR count). The Kier molecular flexibility index (Phi) is 3.06. The minimum absolute atomic E-state index is 0.0710. The lowest BCUT2D eigenvalue weighted by Gasteiger charge is -1.96. The summed E-state index contributed by atoms with van der Waals surface area (Å²) in [7, 11) is 0. The van der Waals surface area contributed by atoms with E-state index in [2.05, 4.69) is 6.58 Å². The Balaban J connectivity index is 2.82. The average Bonchev–Trinajstić information content (AvgIpc) is 2.06. The Hall–Kier alpha value is -1.08. The third kappa shape index (κ3) is 2.21. The molecular formula is C10H9ClO. The highest BCUT2D eigenvalue weighted by Crippen LogP contribution is 2.10. The molecule has 0 radical (unpaired) electrons. The van der Waals surface area contributed by atoms with Crippen LogP contribution in [0.2, 0.25) is 5.02 Å². The van der Waals surface area contributed by atoms with Gasteiger partial charge in [-0.15, -0.1) is 6.58 Å². The molecule has 2 heteroatoms. The molecule has 0 unspecified atom stereocenters. The highest BCUT2D eigenvalue weighted by atomic mass is 35.5. The molecule has 0 spiro atoms. The van der Waals surface area contributed by atoms with Crippen molar-refractivity contribution in [3.63, 3.8) is 0 Å². The van der Waals surface area contributed by atoms with Gasteiger partial charge in [-0.05, 0) is 24.3 Å². The maximum Gasteiger partial charge on any atom is 0.166 e. The molecule has 0 aliphatic rings. The van der Waals surface area contributed by atoms with Crippen LogP contribution < -0.4 is 0 Å². The zero-order valence-electron chi connectivity index (χ0n) is 6.59. The summed E-state index contributed by atoms with van der Waals surface area (Å²) in [6.07, 6.45) is 1.97. The zero-order valence-corrected chi connectivity index (χ0v) is 7.34. The van der Waals surface area contributed by atoms with E-state index in [9.17, 15) is 4.79 Å². The van der Waals surface area contributed by atoms with E-state index in [4.69, 9.17) is 11.6 Å². The van der Waals surface area contributed by atoms with Gasteiger partial charge >= 0.3 is 0 Å². The molecule has 0 aliphatic heterocycles. The normalized spacial score (nSPS) is 9.42. The number of rotatable bonds is 3. The fourth-order valence-electron chi connectivity index (χ4n) is 0.885. The molecule has 1 nitrogen and oxygen atoms in total. The van der Waals surface area contributed by atoms with Gasteiger partial charge in [-0.25, -0.2) is 0 Å². The van der Waals surface area contributed by atoms with Crippen molar-refractivity contribution in [1.29, 1.82) is 0 Å². The van der Waals surface area contributed by atoms with Crippen molar-refractivity contribution in [2.45, 2.75) is 6.42 Å². The summed E-state index contributed by atoms with van der Waals surface area (Å²) in [5.41, 5.74) is 0.680. The average molecular weight is 181 g/mol. The minimum atomic E-state index is 0.0710. The van der Waals surface area contributed by atoms with Crippen molar-refractivity contribution in [3.8, 4) is 0 Å². The Morgan fingerprint density at radius 1 is 1.42 bits per heavy atom. The van der Waals surface area contributed by atoms with Crippen molar-refractivity contribution in [3.05, 3.63) is 47.5 Å². The number of hydrogen-bond acceptors (Lipinski definition) is 1. The van der Waals surface area contributed by atoms with Gasteiger partial charge < -0.3 is 0 Å². The molecule has 12 heavy (non-hydrogen) atoms. The SMILES string of the molecule is C=CCC(=O)c1ccc(Cl)cc1. The number of ketones is 1. The summed E-state index contributed by atoms with van der Waals surface area (Å²) in [5.74, 6) is 0.0710. The summed E-state index contributed by atoms with van der Waals surface area (Å²) in [6.45, 7) is 3.50. The highest BCUT2D eigenvalue weighted by molar-refractivity contribution is 6.30. The van der Waals surface area contributed by atoms with Crippen LogP contribution in [0.1, 0.15) is 16.8 Å². The lowest BCUT2D eigenvalue weighted by atomic mass is 10.1. The number of Topliss-reactive ketones (excluding diaryl/α,β-unsaturated/α-hetero) is 1. The number of allylic oxidation sites excluding steroid dienone is 1. The third-order valence-corrected chi connectivity index (χ3v) is 1.75. The van der Waals surface area contributed by atoms with E-state index in [0.717, 1.165) is 0 Å². The van der Waals surface area contributed by atoms with E-state index in [1.165, 1.54) is 0 Å². The van der Waals surface area contributed by atoms with Crippen LogP contribution in [0.4, 0.5) is 0 Å². The first-order valence-corrected chi connectivity index (χ1v) is 4.01. The van der Waals surface area contributed by atoms with Gasteiger partial charge in [-0.1, -0.05) is 17.7 Å². The molecule has 1 aromatic carbocycles. The van der Waals surface area contributed by atoms with Crippen LogP contribution in [-0.2, 0) is 0 Å². The van der Waals surface area contributed by atoms with Gasteiger partial charge in [-0.2, -0.15) is 0 Å². The predicted molar refractivity (Wildman–Crippen MR) is 50.6 cm³/mol. The summed E-state index contributed by atoms with van der Waals surface area (Å²) in [6, 6.07) is 6.85. The number of halogens is 1. The van der Waals surface area contributed by atoms with E-state index < -0.39 is 0 Å². The standard InChI is InChI=1S/C10H9ClO/c1-2-3-10(12)8-4-6-9(11)7-5-8/h2,4-7H,1,3H2. The molecule has 0 N–H and O–H groups in total. The van der Waals surface area contributed by atoms with Crippen LogP contribution in [0.15, 0.2) is 36.9 Å². The van der Waals surface area contributed by atoms with Gasteiger partial charge in [0.15, 0.2) is 5.78 Å². The number of hydrogen-bond donors (Lipinski definition) is 0. The Labute approximate surface area is 76.7 Å². The van der Waals surface area contributed by atoms with Gasteiger partial charge in [0.2, 0.25) is 0 Å². The minimum Gasteiger partial charge on any atom is -0.294 e. The lowest BCUT2D eigenvalue weighted by molar-refractivity contribution is 0.0996. The van der Waals surface area contributed by atoms with Gasteiger partial charge in [0, 0.05) is 17.0 Å². The highest BCUT2D eigenvalue weighted by Gasteiger charge is 2.01. The summed E-state index contributed by atoms with van der Waals surface area (Å²) < 4.78 is 0. The molecule has 0 aromatic heterocycles. The van der Waals surface area contributed by atoms with Gasteiger partial charge in [0.25, 0.3) is 0 Å². The van der Waals surface area contributed by atoms with Gasteiger partial charge in [0.1, 0.15) is 0 Å². The topological polar surface area (TPSA) is 17.1 Å². The monoisotopic (exact) mass is 180 g/mol. The first kappa shape index (κ1) is 9.01. The Bertz CT molecular complexity index is 287. The Morgan fingerprint density at radius 3 is 2.50 bits per heavy atom. The van der Waals surface area contributed by atoms with Crippen LogP contribution in [-0.4, -0.2) is 5.78 Å².